The molecule has 1 heterocycles. The number of aromatic carboxylic acids is 1. The highest BCUT2D eigenvalue weighted by molar-refractivity contribution is 5.99. The van der Waals surface area contributed by atoms with Crippen molar-refractivity contribution in [1.29, 1.82) is 5.26 Å². The zero-order chi connectivity index (χ0) is 18.7. The third kappa shape index (κ3) is 2.94. The smallest absolute Gasteiger partial charge is 0.351 e. The highest BCUT2D eigenvalue weighted by Gasteiger charge is 2.21. The van der Waals surface area contributed by atoms with Crippen LogP contribution >= 0.6 is 0 Å². The number of carboxylic acids is 1. The van der Waals surface area contributed by atoms with Crippen LogP contribution in [-0.2, 0) is 13.5 Å². The lowest BCUT2D eigenvalue weighted by atomic mass is 9.95. The molecular weight excluding hydrogens is 326 g/mol. The first-order valence-electron chi connectivity index (χ1n) is 7.92. The van der Waals surface area contributed by atoms with E-state index in [0.29, 0.717) is 23.2 Å². The summed E-state index contributed by atoms with van der Waals surface area (Å²) >= 11 is 0. The molecule has 0 radical (unpaired) electrons. The van der Waals surface area contributed by atoms with Gasteiger partial charge in [-0.05, 0) is 22.3 Å². The van der Waals surface area contributed by atoms with Gasteiger partial charge in [0.15, 0.2) is 0 Å². The minimum Gasteiger partial charge on any atom is -0.477 e. The van der Waals surface area contributed by atoms with Gasteiger partial charge in [0.25, 0.3) is 0 Å². The predicted molar refractivity (Wildman–Crippen MR) is 98.8 cm³/mol. The molecule has 1 N–H and O–H groups in total. The third-order valence-electron chi connectivity index (χ3n) is 4.26. The molecule has 5 heteroatoms. The van der Waals surface area contributed by atoms with Gasteiger partial charge in [0.2, 0.25) is 5.69 Å². The number of hydrogen-bond donors (Lipinski definition) is 1. The molecule has 0 fully saturated rings. The molecule has 5 nitrogen and oxygen atoms in total. The lowest BCUT2D eigenvalue weighted by Crippen LogP contribution is -2.05. The topological polar surface area (TPSA) is 70.4 Å². The van der Waals surface area contributed by atoms with Gasteiger partial charge in [-0.25, -0.2) is 9.64 Å². The molecule has 0 aliphatic carbocycles. The van der Waals surface area contributed by atoms with Crippen LogP contribution in [0.5, 0.6) is 0 Å². The summed E-state index contributed by atoms with van der Waals surface area (Å²) < 4.78 is 1.46. The van der Waals surface area contributed by atoms with E-state index in [-0.39, 0.29) is 5.69 Å². The number of nitriles is 1. The zero-order valence-electron chi connectivity index (χ0n) is 14.1. The van der Waals surface area contributed by atoms with Gasteiger partial charge >= 0.3 is 5.97 Å². The van der Waals surface area contributed by atoms with Gasteiger partial charge in [-0.1, -0.05) is 48.5 Å². The van der Waals surface area contributed by atoms with E-state index in [1.54, 1.807) is 7.05 Å². The van der Waals surface area contributed by atoms with E-state index in [1.807, 2.05) is 48.5 Å². The first kappa shape index (κ1) is 17.0. The summed E-state index contributed by atoms with van der Waals surface area (Å²) in [6.45, 7) is 7.32. The van der Waals surface area contributed by atoms with E-state index in [0.717, 1.165) is 16.7 Å². The number of hydrogen-bond acceptors (Lipinski definition) is 2. The van der Waals surface area contributed by atoms with Gasteiger partial charge in [0.1, 0.15) is 5.69 Å². The van der Waals surface area contributed by atoms with Crippen molar-refractivity contribution in [3.05, 3.63) is 77.4 Å². The van der Waals surface area contributed by atoms with Crippen LogP contribution in [0.4, 0.5) is 5.69 Å². The molecular formula is C21H15N3O2. The summed E-state index contributed by atoms with van der Waals surface area (Å²) in [7, 11) is 1.62. The summed E-state index contributed by atoms with van der Waals surface area (Å²) in [5.74, 6) is -1.07. The van der Waals surface area contributed by atoms with Crippen LogP contribution in [-0.4, -0.2) is 15.6 Å². The van der Waals surface area contributed by atoms with E-state index in [4.69, 9.17) is 11.8 Å². The monoisotopic (exact) mass is 341 g/mol. The van der Waals surface area contributed by atoms with Crippen LogP contribution in [0.15, 0.2) is 54.7 Å². The van der Waals surface area contributed by atoms with Gasteiger partial charge in [-0.3, -0.25) is 0 Å². The van der Waals surface area contributed by atoms with E-state index < -0.39 is 5.97 Å². The first-order chi connectivity index (χ1) is 12.6. The second kappa shape index (κ2) is 6.96. The van der Waals surface area contributed by atoms with Crippen molar-refractivity contribution >= 4 is 11.7 Å². The maximum atomic E-state index is 11.6. The molecule has 0 unspecified atom stereocenters. The molecule has 1 aromatic heterocycles. The van der Waals surface area contributed by atoms with Gasteiger partial charge in [-0.2, -0.15) is 5.26 Å². The van der Waals surface area contributed by atoms with Gasteiger partial charge in [0, 0.05) is 18.8 Å². The molecule has 0 atom stereocenters. The van der Waals surface area contributed by atoms with Crippen LogP contribution in [0, 0.1) is 17.9 Å². The molecule has 0 bridgehead atoms. The lowest BCUT2D eigenvalue weighted by Gasteiger charge is -2.09. The Kier molecular flexibility index (Phi) is 4.55. The Balaban J connectivity index is 2.10. The Morgan fingerprint density at radius 1 is 1.19 bits per heavy atom. The normalized spacial score (nSPS) is 10.1. The number of benzene rings is 2. The Morgan fingerprint density at radius 2 is 1.85 bits per heavy atom. The van der Waals surface area contributed by atoms with Crippen molar-refractivity contribution in [2.45, 2.75) is 6.42 Å². The molecule has 0 saturated carbocycles. The summed E-state index contributed by atoms with van der Waals surface area (Å²) in [6, 6.07) is 17.3. The summed E-state index contributed by atoms with van der Waals surface area (Å²) in [5.41, 5.74) is 4.35. The largest absolute Gasteiger partial charge is 0.477 e. The van der Waals surface area contributed by atoms with Crippen molar-refractivity contribution in [3.63, 3.8) is 0 Å². The highest BCUT2D eigenvalue weighted by atomic mass is 16.4. The Labute approximate surface area is 151 Å². The molecule has 126 valence electrons. The Bertz CT molecular complexity index is 1060. The highest BCUT2D eigenvalue weighted by Crippen LogP contribution is 2.36. The molecule has 0 spiro atoms. The Morgan fingerprint density at radius 3 is 2.46 bits per heavy atom. The van der Waals surface area contributed by atoms with Crippen molar-refractivity contribution in [3.8, 4) is 28.3 Å². The maximum Gasteiger partial charge on any atom is 0.351 e. The van der Waals surface area contributed by atoms with Gasteiger partial charge in [-0.15, -0.1) is 0 Å². The quantitative estimate of drug-likeness (QED) is 0.701. The summed E-state index contributed by atoms with van der Waals surface area (Å²) in [5, 5.41) is 18.5. The Hall–Kier alpha value is -3.83. The lowest BCUT2D eigenvalue weighted by molar-refractivity contribution is 0.0687. The van der Waals surface area contributed by atoms with E-state index in [2.05, 4.69) is 10.9 Å². The summed E-state index contributed by atoms with van der Waals surface area (Å²) in [6.07, 6.45) is 1.85. The molecule has 0 amide bonds. The summed E-state index contributed by atoms with van der Waals surface area (Å²) in [4.78, 5) is 15.1. The van der Waals surface area contributed by atoms with Crippen molar-refractivity contribution in [2.24, 2.45) is 7.05 Å². The predicted octanol–water partition coefficient (Wildman–Crippen LogP) is 4.67. The fraction of sp³-hybridized carbons (Fsp3) is 0.0952. The van der Waals surface area contributed by atoms with E-state index in [1.165, 1.54) is 10.8 Å². The third-order valence-corrected chi connectivity index (χ3v) is 4.26. The number of aromatic nitrogens is 1. The van der Waals surface area contributed by atoms with Crippen LogP contribution in [0.2, 0.25) is 0 Å². The zero-order valence-corrected chi connectivity index (χ0v) is 14.1. The first-order valence-corrected chi connectivity index (χ1v) is 7.92. The number of carboxylic acid groups (broad SMARTS) is 1. The van der Waals surface area contributed by atoms with Crippen molar-refractivity contribution in [1.82, 2.24) is 4.57 Å². The number of rotatable bonds is 4. The molecule has 3 aromatic rings. The molecule has 3 rings (SSSR count). The molecule has 2 aromatic carbocycles. The van der Waals surface area contributed by atoms with Crippen molar-refractivity contribution in [2.75, 3.05) is 0 Å². The minimum absolute atomic E-state index is 0.0913. The fourth-order valence-corrected chi connectivity index (χ4v) is 3.10. The molecule has 0 aliphatic heterocycles. The average molecular weight is 341 g/mol. The van der Waals surface area contributed by atoms with Crippen LogP contribution in [0.25, 0.3) is 27.1 Å². The molecule has 0 saturated heterocycles. The van der Waals surface area contributed by atoms with E-state index in [9.17, 15) is 9.90 Å². The molecule has 26 heavy (non-hydrogen) atoms. The number of aryl methyl sites for hydroxylation is 1. The van der Waals surface area contributed by atoms with Crippen LogP contribution in [0.1, 0.15) is 16.1 Å². The van der Waals surface area contributed by atoms with Gasteiger partial charge in [0.05, 0.1) is 19.1 Å². The SMILES string of the molecule is [C-]#[N+]c1cn(C)c(C(=O)O)c1-c1ccc(-c2ccccc2CC#N)cc1. The van der Waals surface area contributed by atoms with Crippen LogP contribution in [0.3, 0.4) is 0 Å². The van der Waals surface area contributed by atoms with Gasteiger partial charge < -0.3 is 9.67 Å². The van der Waals surface area contributed by atoms with Crippen molar-refractivity contribution < 1.29 is 9.90 Å². The minimum atomic E-state index is -1.07. The molecule has 0 aliphatic rings. The second-order valence-electron chi connectivity index (χ2n) is 5.84. The average Bonchev–Trinajstić information content (AvgIpc) is 2.99. The second-order valence-corrected chi connectivity index (χ2v) is 5.84. The fourth-order valence-electron chi connectivity index (χ4n) is 3.10. The number of carbonyl (C=O) groups is 1. The van der Waals surface area contributed by atoms with Crippen LogP contribution < -0.4 is 0 Å². The van der Waals surface area contributed by atoms with E-state index >= 15 is 0 Å². The number of nitrogens with zero attached hydrogens (tertiary/aromatic N) is 3. The maximum absolute atomic E-state index is 11.6. The standard InChI is InChI=1S/C21H15N3O2/c1-23-18-13-24(2)20(21(25)26)19(18)16-9-7-15(8-10-16)17-6-4-3-5-14(17)11-12-22/h3-10,13H,11H2,2H3,(H,25,26).